The van der Waals surface area contributed by atoms with E-state index in [0.717, 1.165) is 16.7 Å². The largest absolute Gasteiger partial charge is 0.471 e. The van der Waals surface area contributed by atoms with Gasteiger partial charge in [-0.25, -0.2) is 4.98 Å². The topological polar surface area (TPSA) is 144 Å². The monoisotopic (exact) mass is 475 g/mol. The first-order chi connectivity index (χ1) is 16.1. The molecule has 34 heavy (non-hydrogen) atoms. The summed E-state index contributed by atoms with van der Waals surface area (Å²) in [6, 6.07) is 4.70. The van der Waals surface area contributed by atoms with E-state index in [4.69, 9.17) is 15.0 Å². The molecule has 0 radical (unpaired) electrons. The number of pyridine rings is 2. The van der Waals surface area contributed by atoms with Crippen molar-refractivity contribution in [2.75, 3.05) is 0 Å². The van der Waals surface area contributed by atoms with E-state index in [1.165, 1.54) is 29.2 Å². The molecule has 4 aromatic rings. The van der Waals surface area contributed by atoms with Crippen molar-refractivity contribution < 1.29 is 27.2 Å². The Morgan fingerprint density at radius 1 is 1.21 bits per heavy atom. The van der Waals surface area contributed by atoms with Gasteiger partial charge in [0.1, 0.15) is 13.2 Å². The summed E-state index contributed by atoms with van der Waals surface area (Å²) in [7, 11) is 1.64. The van der Waals surface area contributed by atoms with E-state index in [1.807, 2.05) is 0 Å². The molecule has 0 aliphatic heterocycles. The molecule has 0 spiro atoms. The molecule has 11 nitrogen and oxygen atoms in total. The number of amides is 1. The van der Waals surface area contributed by atoms with Crippen LogP contribution in [0.4, 0.5) is 13.2 Å². The predicted octanol–water partition coefficient (Wildman–Crippen LogP) is 1.78. The van der Waals surface area contributed by atoms with Crippen molar-refractivity contribution in [2.45, 2.75) is 19.3 Å². The van der Waals surface area contributed by atoms with Crippen molar-refractivity contribution in [3.8, 4) is 28.7 Å². The number of alkyl halides is 3. The summed E-state index contributed by atoms with van der Waals surface area (Å²) in [6.45, 7) is -0.398. The van der Waals surface area contributed by atoms with Crippen molar-refractivity contribution in [1.82, 2.24) is 29.5 Å². The van der Waals surface area contributed by atoms with Crippen LogP contribution in [0.25, 0.3) is 22.8 Å². The number of halogens is 3. The molecule has 176 valence electrons. The SMILES string of the molecule is Cn1ncc(-c2nc(-c3ccc(=O)n(CC(N)=O)c3)no2)c1COc1ccc(C(F)(F)F)cn1. The van der Waals surface area contributed by atoms with Crippen molar-refractivity contribution >= 4 is 5.91 Å². The maximum absolute atomic E-state index is 12.7. The third kappa shape index (κ3) is 4.79. The van der Waals surface area contributed by atoms with Gasteiger partial charge in [-0.3, -0.25) is 14.3 Å². The van der Waals surface area contributed by atoms with Crippen molar-refractivity contribution in [2.24, 2.45) is 12.8 Å². The van der Waals surface area contributed by atoms with E-state index in [1.54, 1.807) is 7.05 Å². The molecule has 0 atom stereocenters. The van der Waals surface area contributed by atoms with Gasteiger partial charge < -0.3 is 19.6 Å². The molecule has 0 saturated carbocycles. The number of primary amides is 1. The smallest absolute Gasteiger partial charge is 0.417 e. The van der Waals surface area contributed by atoms with Crippen molar-refractivity contribution in [3.05, 3.63) is 64.5 Å². The molecule has 0 fully saturated rings. The van der Waals surface area contributed by atoms with E-state index in [2.05, 4.69) is 20.2 Å². The minimum absolute atomic E-state index is 0.0110. The zero-order valence-corrected chi connectivity index (χ0v) is 17.5. The maximum Gasteiger partial charge on any atom is 0.417 e. The van der Waals surface area contributed by atoms with Gasteiger partial charge in [-0.05, 0) is 12.1 Å². The Bertz CT molecular complexity index is 1390. The summed E-state index contributed by atoms with van der Waals surface area (Å²) in [4.78, 5) is 31.0. The van der Waals surface area contributed by atoms with Crippen LogP contribution in [0.5, 0.6) is 5.88 Å². The van der Waals surface area contributed by atoms with Crippen LogP contribution < -0.4 is 16.0 Å². The number of hydrogen-bond acceptors (Lipinski definition) is 8. The number of ether oxygens (including phenoxy) is 1. The number of hydrogen-bond donors (Lipinski definition) is 1. The fourth-order valence-corrected chi connectivity index (χ4v) is 2.99. The second-order valence-corrected chi connectivity index (χ2v) is 7.07. The third-order valence-corrected chi connectivity index (χ3v) is 4.71. The van der Waals surface area contributed by atoms with Crippen LogP contribution in [0.2, 0.25) is 0 Å². The molecule has 4 aromatic heterocycles. The first kappa shape index (κ1) is 22.7. The number of aromatic nitrogens is 6. The lowest BCUT2D eigenvalue weighted by Gasteiger charge is -2.09. The highest BCUT2D eigenvalue weighted by Gasteiger charge is 2.30. The Balaban J connectivity index is 1.55. The van der Waals surface area contributed by atoms with Crippen LogP contribution in [-0.4, -0.2) is 35.4 Å². The Hall–Kier alpha value is -4.49. The lowest BCUT2D eigenvalue weighted by Crippen LogP contribution is -2.27. The number of carbonyl (C=O) groups excluding carboxylic acids is 1. The highest BCUT2D eigenvalue weighted by atomic mass is 19.4. The quantitative estimate of drug-likeness (QED) is 0.426. The van der Waals surface area contributed by atoms with Gasteiger partial charge >= 0.3 is 6.18 Å². The molecule has 0 aromatic carbocycles. The molecule has 2 N–H and O–H groups in total. The van der Waals surface area contributed by atoms with Crippen LogP contribution in [0.1, 0.15) is 11.3 Å². The van der Waals surface area contributed by atoms with Crippen LogP contribution in [0, 0.1) is 0 Å². The first-order valence-electron chi connectivity index (χ1n) is 9.62. The van der Waals surface area contributed by atoms with Gasteiger partial charge in [0.2, 0.25) is 17.6 Å². The minimum Gasteiger partial charge on any atom is -0.471 e. The number of rotatable bonds is 7. The Kier molecular flexibility index (Phi) is 5.88. The third-order valence-electron chi connectivity index (χ3n) is 4.71. The minimum atomic E-state index is -4.50. The van der Waals surface area contributed by atoms with E-state index in [9.17, 15) is 22.8 Å². The molecular weight excluding hydrogens is 459 g/mol. The second-order valence-electron chi connectivity index (χ2n) is 7.07. The molecule has 14 heteroatoms. The summed E-state index contributed by atoms with van der Waals surface area (Å²) in [5, 5.41) is 8.03. The Morgan fingerprint density at radius 2 is 2.00 bits per heavy atom. The fourth-order valence-electron chi connectivity index (χ4n) is 2.99. The highest BCUT2D eigenvalue weighted by Crippen LogP contribution is 2.30. The Labute approximate surface area is 188 Å². The maximum atomic E-state index is 12.7. The fraction of sp³-hybridized carbons (Fsp3) is 0.200. The molecule has 1 amide bonds. The van der Waals surface area contributed by atoms with Crippen LogP contribution in [-0.2, 0) is 31.2 Å². The van der Waals surface area contributed by atoms with Crippen LogP contribution in [0.15, 0.2) is 52.2 Å². The van der Waals surface area contributed by atoms with Crippen LogP contribution >= 0.6 is 0 Å². The molecule has 0 aliphatic rings. The van der Waals surface area contributed by atoms with Gasteiger partial charge in [0.05, 0.1) is 23.0 Å². The number of aryl methyl sites for hydroxylation is 1. The van der Waals surface area contributed by atoms with E-state index < -0.39 is 23.2 Å². The summed E-state index contributed by atoms with van der Waals surface area (Å²) < 4.78 is 51.5. The first-order valence-corrected chi connectivity index (χ1v) is 9.62. The Morgan fingerprint density at radius 3 is 2.68 bits per heavy atom. The van der Waals surface area contributed by atoms with Crippen molar-refractivity contribution in [3.63, 3.8) is 0 Å². The standard InChI is InChI=1S/C20H16F3N7O4/c1-29-14(10-33-16-4-3-12(6-25-16)20(21,22)23)13(7-26-29)19-27-18(28-34-19)11-2-5-17(32)30(8-11)9-15(24)31/h2-8H,9-10H2,1H3,(H2,24,31). The van der Waals surface area contributed by atoms with Gasteiger partial charge in [-0.1, -0.05) is 5.16 Å². The molecular formula is C20H16F3N7O4. The van der Waals surface area contributed by atoms with E-state index >= 15 is 0 Å². The summed E-state index contributed by atoms with van der Waals surface area (Å²) in [6.07, 6.45) is -0.972. The molecule has 0 bridgehead atoms. The average molecular weight is 475 g/mol. The van der Waals surface area contributed by atoms with Crippen molar-refractivity contribution in [1.29, 1.82) is 0 Å². The highest BCUT2D eigenvalue weighted by molar-refractivity contribution is 5.73. The summed E-state index contributed by atoms with van der Waals surface area (Å²) in [5.74, 6) is -0.457. The zero-order valence-electron chi connectivity index (χ0n) is 17.5. The summed E-state index contributed by atoms with van der Waals surface area (Å²) in [5.41, 5.74) is 5.18. The lowest BCUT2D eigenvalue weighted by atomic mass is 10.2. The van der Waals surface area contributed by atoms with Gasteiger partial charge in [-0.15, -0.1) is 0 Å². The second kappa shape index (κ2) is 8.80. The molecule has 0 unspecified atom stereocenters. The van der Waals surface area contributed by atoms with Gasteiger partial charge in [-0.2, -0.15) is 23.3 Å². The number of nitrogens with zero attached hydrogens (tertiary/aromatic N) is 6. The van der Waals surface area contributed by atoms with Gasteiger partial charge in [0.25, 0.3) is 11.4 Å². The predicted molar refractivity (Wildman–Crippen MR) is 109 cm³/mol. The lowest BCUT2D eigenvalue weighted by molar-refractivity contribution is -0.137. The van der Waals surface area contributed by atoms with Crippen LogP contribution in [0.3, 0.4) is 0 Å². The molecule has 4 heterocycles. The number of carbonyl (C=O) groups is 1. The normalized spacial score (nSPS) is 11.5. The summed E-state index contributed by atoms with van der Waals surface area (Å²) >= 11 is 0. The molecule has 0 aliphatic carbocycles. The van der Waals surface area contributed by atoms with E-state index in [0.29, 0.717) is 23.0 Å². The average Bonchev–Trinajstić information content (AvgIpc) is 3.40. The van der Waals surface area contributed by atoms with Gasteiger partial charge in [0, 0.05) is 37.1 Å². The molecule has 0 saturated heterocycles. The molecule has 4 rings (SSSR count). The number of nitrogens with two attached hydrogens (primary N) is 1. The zero-order chi connectivity index (χ0) is 24.5. The van der Waals surface area contributed by atoms with E-state index in [-0.39, 0.29) is 30.7 Å². The van der Waals surface area contributed by atoms with Gasteiger partial charge in [0.15, 0.2) is 0 Å².